The first kappa shape index (κ1) is 19.3. The van der Waals surface area contributed by atoms with Crippen LogP contribution in [-0.2, 0) is 17.1 Å². The molecule has 1 heterocycles. The first-order valence-corrected chi connectivity index (χ1v) is 8.72. The third kappa shape index (κ3) is 5.21. The van der Waals surface area contributed by atoms with E-state index in [9.17, 15) is 26.7 Å². The lowest BCUT2D eigenvalue weighted by Gasteiger charge is -2.15. The molecule has 0 radical (unpaired) electrons. The summed E-state index contributed by atoms with van der Waals surface area (Å²) in [5.41, 5.74) is 0.597. The second kappa shape index (κ2) is 7.46. The normalized spacial score (nSPS) is 13.6. The van der Waals surface area contributed by atoms with Crippen molar-refractivity contribution in [1.82, 2.24) is 9.29 Å². The average molecular weight is 378 g/mol. The summed E-state index contributed by atoms with van der Waals surface area (Å²) in [6, 6.07) is 7.87. The number of nitrogens with one attached hydrogen (secondary N) is 1. The van der Waals surface area contributed by atoms with E-state index in [2.05, 4.69) is 9.46 Å². The first-order valence-electron chi connectivity index (χ1n) is 7.24. The fourth-order valence-electron chi connectivity index (χ4n) is 2.26. The Labute approximate surface area is 142 Å². The van der Waals surface area contributed by atoms with Gasteiger partial charge in [-0.15, -0.1) is 13.2 Å². The van der Waals surface area contributed by atoms with Gasteiger partial charge >= 0.3 is 6.36 Å². The number of rotatable bonds is 7. The highest BCUT2D eigenvalue weighted by molar-refractivity contribution is 7.89. The van der Waals surface area contributed by atoms with E-state index in [0.29, 0.717) is 5.69 Å². The molecule has 2 aromatic rings. The molecule has 10 heteroatoms. The Morgan fingerprint density at radius 2 is 1.92 bits per heavy atom. The molecule has 0 bridgehead atoms. The van der Waals surface area contributed by atoms with Crippen LogP contribution in [0.4, 0.5) is 13.2 Å². The molecule has 2 N–H and O–H groups in total. The summed E-state index contributed by atoms with van der Waals surface area (Å²) < 4.78 is 69.2. The minimum Gasteiger partial charge on any atom is -0.404 e. The minimum atomic E-state index is -5.01. The largest absolute Gasteiger partial charge is 0.573 e. The van der Waals surface area contributed by atoms with Crippen molar-refractivity contribution in [3.8, 4) is 5.75 Å². The molecule has 6 nitrogen and oxygen atoms in total. The molecule has 0 saturated heterocycles. The number of ether oxygens (including phenoxy) is 1. The molecule has 138 valence electrons. The number of hydrogen-bond acceptors (Lipinski definition) is 4. The molecule has 1 unspecified atom stereocenters. The van der Waals surface area contributed by atoms with Crippen molar-refractivity contribution in [2.24, 2.45) is 7.05 Å². The number of para-hydroxylation sites is 1. The smallest absolute Gasteiger partial charge is 0.404 e. The van der Waals surface area contributed by atoms with Gasteiger partial charge in [0.2, 0.25) is 10.0 Å². The highest BCUT2D eigenvalue weighted by Gasteiger charge is 2.33. The van der Waals surface area contributed by atoms with Gasteiger partial charge in [-0.05, 0) is 30.7 Å². The topological polar surface area (TPSA) is 80.6 Å². The predicted octanol–water partition coefficient (Wildman–Crippen LogP) is 2.33. The third-order valence-corrected chi connectivity index (χ3v) is 4.90. The standard InChI is InChI=1S/C15H17F3N2O4S/c1-20-10-4-5-11(20)12(21)8-9-19-25(22,23)14-7-3-2-6-13(14)24-15(16,17)18/h2-7,10,12,19,21H,8-9H2,1H3. The zero-order chi connectivity index (χ0) is 18.7. The third-order valence-electron chi connectivity index (χ3n) is 3.40. The molecule has 0 fully saturated rings. The van der Waals surface area contributed by atoms with Gasteiger partial charge in [0.1, 0.15) is 10.6 Å². The molecule has 1 aromatic heterocycles. The van der Waals surface area contributed by atoms with Gasteiger partial charge in [-0.1, -0.05) is 12.1 Å². The highest BCUT2D eigenvalue weighted by Crippen LogP contribution is 2.29. The Morgan fingerprint density at radius 1 is 1.24 bits per heavy atom. The molecule has 0 aliphatic carbocycles. The SMILES string of the molecule is Cn1cccc1C(O)CCNS(=O)(=O)c1ccccc1OC(F)(F)F. The first-order chi connectivity index (χ1) is 11.6. The summed E-state index contributed by atoms with van der Waals surface area (Å²) in [6.07, 6.45) is -4.13. The van der Waals surface area contributed by atoms with Crippen LogP contribution < -0.4 is 9.46 Å². The second-order valence-corrected chi connectivity index (χ2v) is 6.98. The van der Waals surface area contributed by atoms with E-state index in [1.165, 1.54) is 12.1 Å². The number of aromatic nitrogens is 1. The number of hydrogen-bond donors (Lipinski definition) is 2. The quantitative estimate of drug-likeness (QED) is 0.775. The van der Waals surface area contributed by atoms with E-state index >= 15 is 0 Å². The monoisotopic (exact) mass is 378 g/mol. The number of alkyl halides is 3. The average Bonchev–Trinajstić information content (AvgIpc) is 2.92. The molecule has 25 heavy (non-hydrogen) atoms. The van der Waals surface area contributed by atoms with Gasteiger partial charge in [0.25, 0.3) is 0 Å². The zero-order valence-corrected chi connectivity index (χ0v) is 14.0. The van der Waals surface area contributed by atoms with E-state index in [0.717, 1.165) is 12.1 Å². The number of sulfonamides is 1. The number of aliphatic hydroxyl groups excluding tert-OH is 1. The van der Waals surface area contributed by atoms with Crippen molar-refractivity contribution in [3.63, 3.8) is 0 Å². The van der Waals surface area contributed by atoms with Crippen molar-refractivity contribution >= 4 is 10.0 Å². The molecular weight excluding hydrogens is 361 g/mol. The van der Waals surface area contributed by atoms with Crippen molar-refractivity contribution in [3.05, 3.63) is 48.3 Å². The van der Waals surface area contributed by atoms with Crippen LogP contribution in [-0.4, -0.2) is 31.0 Å². The maximum atomic E-state index is 12.4. The van der Waals surface area contributed by atoms with E-state index in [4.69, 9.17) is 0 Å². The molecule has 2 rings (SSSR count). The summed E-state index contributed by atoms with van der Waals surface area (Å²) in [6.45, 7) is -0.158. The molecule has 0 saturated carbocycles. The highest BCUT2D eigenvalue weighted by atomic mass is 32.2. The Balaban J connectivity index is 2.06. The summed E-state index contributed by atoms with van der Waals surface area (Å²) in [4.78, 5) is -0.624. The van der Waals surface area contributed by atoms with E-state index in [1.54, 1.807) is 29.9 Å². The van der Waals surface area contributed by atoms with Crippen molar-refractivity contribution in [1.29, 1.82) is 0 Å². The van der Waals surface area contributed by atoms with Crippen molar-refractivity contribution < 1.29 is 31.4 Å². The van der Waals surface area contributed by atoms with Crippen LogP contribution >= 0.6 is 0 Å². The van der Waals surface area contributed by atoms with Gasteiger partial charge in [0.05, 0.1) is 6.10 Å². The van der Waals surface area contributed by atoms with Gasteiger partial charge in [0, 0.05) is 25.5 Å². The second-order valence-electron chi connectivity index (χ2n) is 5.24. The summed E-state index contributed by atoms with van der Waals surface area (Å²) >= 11 is 0. The van der Waals surface area contributed by atoms with E-state index in [-0.39, 0.29) is 13.0 Å². The number of aliphatic hydroxyl groups is 1. The Hall–Kier alpha value is -2.04. The van der Waals surface area contributed by atoms with Crippen molar-refractivity contribution in [2.45, 2.75) is 23.8 Å². The maximum absolute atomic E-state index is 12.4. The van der Waals surface area contributed by atoms with Crippen LogP contribution in [0.5, 0.6) is 5.75 Å². The van der Waals surface area contributed by atoms with Gasteiger partial charge in [-0.3, -0.25) is 0 Å². The molecule has 0 amide bonds. The Bertz CT molecular complexity index is 818. The van der Waals surface area contributed by atoms with Crippen LogP contribution in [0.2, 0.25) is 0 Å². The fourth-order valence-corrected chi connectivity index (χ4v) is 3.43. The summed E-state index contributed by atoms with van der Waals surface area (Å²) in [5, 5.41) is 10.0. The van der Waals surface area contributed by atoms with E-state index in [1.807, 2.05) is 0 Å². The number of nitrogens with zero attached hydrogens (tertiary/aromatic N) is 1. The number of halogens is 3. The molecule has 1 aromatic carbocycles. The minimum absolute atomic E-state index is 0.0549. The van der Waals surface area contributed by atoms with Gasteiger partial charge in [-0.25, -0.2) is 13.1 Å². The molecule has 0 spiro atoms. The zero-order valence-electron chi connectivity index (χ0n) is 13.2. The van der Waals surface area contributed by atoms with Crippen LogP contribution in [0.25, 0.3) is 0 Å². The van der Waals surface area contributed by atoms with E-state index < -0.39 is 33.1 Å². The molecular formula is C15H17F3N2O4S. The lowest BCUT2D eigenvalue weighted by atomic mass is 10.2. The van der Waals surface area contributed by atoms with Gasteiger partial charge < -0.3 is 14.4 Å². The predicted molar refractivity (Wildman–Crippen MR) is 83.3 cm³/mol. The van der Waals surface area contributed by atoms with Crippen LogP contribution in [0.3, 0.4) is 0 Å². The maximum Gasteiger partial charge on any atom is 0.573 e. The van der Waals surface area contributed by atoms with Crippen LogP contribution in [0.1, 0.15) is 18.2 Å². The Morgan fingerprint density at radius 3 is 2.52 bits per heavy atom. The lowest BCUT2D eigenvalue weighted by molar-refractivity contribution is -0.275. The summed E-state index contributed by atoms with van der Waals surface area (Å²) in [5.74, 6) is -0.814. The van der Waals surface area contributed by atoms with Crippen LogP contribution in [0.15, 0.2) is 47.5 Å². The van der Waals surface area contributed by atoms with Crippen molar-refractivity contribution in [2.75, 3.05) is 6.54 Å². The van der Waals surface area contributed by atoms with Crippen LogP contribution in [0, 0.1) is 0 Å². The van der Waals surface area contributed by atoms with Gasteiger partial charge in [-0.2, -0.15) is 0 Å². The fraction of sp³-hybridized carbons (Fsp3) is 0.333. The molecule has 1 atom stereocenters. The number of aryl methyl sites for hydroxylation is 1. The molecule has 0 aliphatic heterocycles. The summed E-state index contributed by atoms with van der Waals surface area (Å²) in [7, 11) is -2.50. The van der Waals surface area contributed by atoms with Gasteiger partial charge in [0.15, 0.2) is 0 Å². The number of benzene rings is 1. The molecule has 0 aliphatic rings. The lowest BCUT2D eigenvalue weighted by Crippen LogP contribution is -2.27. The Kier molecular flexibility index (Phi) is 5.76.